The number of allylic oxidation sites excluding steroid dienone is 7. The Kier molecular flexibility index (Phi) is 10.9. The minimum atomic E-state index is 0.0849. The number of hydrogen-bond donors (Lipinski definition) is 0. The van der Waals surface area contributed by atoms with Crippen LogP contribution < -0.4 is 0 Å². The molecule has 1 rings (SSSR count). The van der Waals surface area contributed by atoms with Gasteiger partial charge in [0.15, 0.2) is 0 Å². The van der Waals surface area contributed by atoms with Gasteiger partial charge in [0.05, 0.1) is 0 Å². The van der Waals surface area contributed by atoms with Crippen molar-refractivity contribution >= 4 is 7.92 Å². The van der Waals surface area contributed by atoms with Crippen LogP contribution in [0.25, 0.3) is 0 Å². The van der Waals surface area contributed by atoms with E-state index in [9.17, 15) is 0 Å². The maximum atomic E-state index is 4.93. The molecule has 16 heavy (non-hydrogen) atoms. The van der Waals surface area contributed by atoms with Crippen LogP contribution in [-0.4, -0.2) is 18.5 Å². The van der Waals surface area contributed by atoms with Gasteiger partial charge in [-0.15, -0.1) is 19.7 Å². The molecule has 0 aromatic carbocycles. The molecule has 0 aromatic rings. The van der Waals surface area contributed by atoms with E-state index in [2.05, 4.69) is 25.8 Å². The molecule has 2 heteroatoms. The van der Waals surface area contributed by atoms with E-state index in [4.69, 9.17) is 16.0 Å². The summed E-state index contributed by atoms with van der Waals surface area (Å²) in [5, 5.41) is 0. The third-order valence-electron chi connectivity index (χ3n) is 1.86. The van der Waals surface area contributed by atoms with Crippen LogP contribution in [-0.2, 0) is 16.0 Å². The summed E-state index contributed by atoms with van der Waals surface area (Å²) in [6, 6.07) is 0. The maximum absolute atomic E-state index is 4.93. The Labute approximate surface area is 109 Å². The number of hydrogen-bond acceptors (Lipinski definition) is 0. The van der Waals surface area contributed by atoms with Crippen LogP contribution in [0.2, 0.25) is 0 Å². The average molecular weight is 283 g/mol. The van der Waals surface area contributed by atoms with Gasteiger partial charge in [-0.2, -0.15) is 0 Å². The van der Waals surface area contributed by atoms with Crippen LogP contribution in [0.3, 0.4) is 0 Å². The van der Waals surface area contributed by atoms with Crippen LogP contribution in [0.4, 0.5) is 0 Å². The fourth-order valence-electron chi connectivity index (χ4n) is 1.18. The van der Waals surface area contributed by atoms with Gasteiger partial charge in [-0.1, -0.05) is 26.1 Å². The minimum absolute atomic E-state index is 0.0849. The molecule has 0 unspecified atom stereocenters. The topological polar surface area (TPSA) is 0 Å². The summed E-state index contributed by atoms with van der Waals surface area (Å²) < 4.78 is 1.03. The van der Waals surface area contributed by atoms with E-state index < -0.39 is 0 Å². The SMILES string of the molecule is C=CCP(CC=C)CC=C.[Cu][C]1=CC=CC1. The van der Waals surface area contributed by atoms with Gasteiger partial charge < -0.3 is 0 Å². The molecule has 0 atom stereocenters. The van der Waals surface area contributed by atoms with Gasteiger partial charge >= 0.3 is 45.1 Å². The molecule has 0 saturated carbocycles. The van der Waals surface area contributed by atoms with Crippen LogP contribution >= 0.6 is 7.92 Å². The quantitative estimate of drug-likeness (QED) is 0.385. The van der Waals surface area contributed by atoms with Crippen molar-refractivity contribution in [2.24, 2.45) is 0 Å². The predicted octanol–water partition coefficient (Wildman–Crippen LogP) is 4.40. The molecule has 0 spiro atoms. The van der Waals surface area contributed by atoms with Gasteiger partial charge in [0, 0.05) is 0 Å². The van der Waals surface area contributed by atoms with E-state index in [0.717, 1.165) is 29.4 Å². The van der Waals surface area contributed by atoms with Crippen molar-refractivity contribution in [3.8, 4) is 0 Å². The molecular formula is C14H20CuP. The third kappa shape index (κ3) is 8.92. The van der Waals surface area contributed by atoms with E-state index in [0.29, 0.717) is 0 Å². The zero-order valence-electron chi connectivity index (χ0n) is 9.66. The molecule has 0 heterocycles. The standard InChI is InChI=1S/C9H15P.C5H5.Cu/c1-4-7-10(8-5-2)9-6-3;1-2-4-5-3-1;/h4-6H,1-3,7-9H2;1-3H,4H2;. The van der Waals surface area contributed by atoms with Gasteiger partial charge in [-0.05, 0) is 18.5 Å². The van der Waals surface area contributed by atoms with Crippen molar-refractivity contribution in [2.45, 2.75) is 6.42 Å². The van der Waals surface area contributed by atoms with Crippen molar-refractivity contribution in [1.82, 2.24) is 0 Å². The summed E-state index contributed by atoms with van der Waals surface area (Å²) in [5.41, 5.74) is 0. The van der Waals surface area contributed by atoms with Crippen LogP contribution in [0.5, 0.6) is 0 Å². The molecule has 0 nitrogen and oxygen atoms in total. The summed E-state index contributed by atoms with van der Waals surface area (Å²) in [6.45, 7) is 11.1. The first-order chi connectivity index (χ1) is 7.74. The van der Waals surface area contributed by atoms with Crippen LogP contribution in [0, 0.1) is 0 Å². The average Bonchev–Trinajstić information content (AvgIpc) is 2.71. The molecule has 0 amide bonds. The molecule has 0 bridgehead atoms. The Hall–Kier alpha value is -0.351. The Morgan fingerprint density at radius 1 is 1.12 bits per heavy atom. The molecular weight excluding hydrogens is 263 g/mol. The van der Waals surface area contributed by atoms with E-state index in [-0.39, 0.29) is 7.92 Å². The molecule has 0 N–H and O–H groups in total. The van der Waals surface area contributed by atoms with E-state index in [1.54, 1.807) is 0 Å². The van der Waals surface area contributed by atoms with Gasteiger partial charge in [0.1, 0.15) is 0 Å². The summed E-state index contributed by atoms with van der Waals surface area (Å²) in [4.78, 5) is 0. The van der Waals surface area contributed by atoms with Gasteiger partial charge in [-0.3, -0.25) is 0 Å². The molecule has 0 saturated heterocycles. The Balaban J connectivity index is 0.000000315. The van der Waals surface area contributed by atoms with Crippen LogP contribution in [0.15, 0.2) is 60.7 Å². The zero-order valence-corrected chi connectivity index (χ0v) is 11.5. The van der Waals surface area contributed by atoms with Crippen LogP contribution in [0.1, 0.15) is 6.42 Å². The van der Waals surface area contributed by atoms with Crippen molar-refractivity contribution in [2.75, 3.05) is 18.5 Å². The van der Waals surface area contributed by atoms with Crippen molar-refractivity contribution < 1.29 is 16.0 Å². The summed E-state index contributed by atoms with van der Waals surface area (Å²) in [7, 11) is 0.0849. The summed E-state index contributed by atoms with van der Waals surface area (Å²) in [6.07, 6.45) is 16.3. The number of rotatable bonds is 6. The molecule has 0 aliphatic heterocycles. The summed E-state index contributed by atoms with van der Waals surface area (Å²) in [5.74, 6) is 0. The van der Waals surface area contributed by atoms with E-state index in [1.165, 1.54) is 0 Å². The normalized spacial score (nSPS) is 12.8. The Morgan fingerprint density at radius 2 is 1.62 bits per heavy atom. The second-order valence-electron chi connectivity index (χ2n) is 3.28. The fourth-order valence-corrected chi connectivity index (χ4v) is 2.92. The summed E-state index contributed by atoms with van der Waals surface area (Å²) >= 11 is 4.93. The first-order valence-corrected chi connectivity index (χ1v) is 7.63. The van der Waals surface area contributed by atoms with Crippen molar-refractivity contribution in [3.05, 3.63) is 60.7 Å². The zero-order chi connectivity index (χ0) is 12.2. The van der Waals surface area contributed by atoms with Gasteiger partial charge in [-0.25, -0.2) is 0 Å². The molecule has 0 radical (unpaired) electrons. The molecule has 1 aliphatic carbocycles. The van der Waals surface area contributed by atoms with E-state index >= 15 is 0 Å². The third-order valence-corrected chi connectivity index (χ3v) is 4.53. The first-order valence-electron chi connectivity index (χ1n) is 5.27. The molecule has 0 aromatic heterocycles. The second kappa shape index (κ2) is 11.1. The first kappa shape index (κ1) is 15.6. The molecule has 92 valence electrons. The molecule has 0 fully saturated rings. The van der Waals surface area contributed by atoms with Gasteiger partial charge in [0.25, 0.3) is 0 Å². The Morgan fingerprint density at radius 3 is 1.81 bits per heavy atom. The van der Waals surface area contributed by atoms with Gasteiger partial charge in [0.2, 0.25) is 0 Å². The molecule has 1 aliphatic rings. The van der Waals surface area contributed by atoms with Crippen molar-refractivity contribution in [3.63, 3.8) is 0 Å². The monoisotopic (exact) mass is 282 g/mol. The second-order valence-corrected chi connectivity index (χ2v) is 6.32. The predicted molar refractivity (Wildman–Crippen MR) is 74.0 cm³/mol. The van der Waals surface area contributed by atoms with Crippen molar-refractivity contribution in [1.29, 1.82) is 0 Å². The fraction of sp³-hybridized carbons (Fsp3) is 0.286. The van der Waals surface area contributed by atoms with E-state index in [1.807, 2.05) is 30.4 Å². The Bertz CT molecular complexity index is 253.